The highest BCUT2D eigenvalue weighted by atomic mass is 35.5. The first-order valence-electron chi connectivity index (χ1n) is 5.20. The number of alkyl halides is 3. The maximum Gasteiger partial charge on any atom is 0.416 e. The van der Waals surface area contributed by atoms with Crippen molar-refractivity contribution in [2.75, 3.05) is 18.6 Å². The van der Waals surface area contributed by atoms with E-state index in [0.717, 1.165) is 0 Å². The summed E-state index contributed by atoms with van der Waals surface area (Å²) in [6.07, 6.45) is -2.78. The standard InChI is InChI=1S/C11H9Cl2F3N2OS/c1-20-5-7(19)4-17-18-10-8(12)2-6(3-9(10)13)11(14,15)16/h2-3H,4-5H2,1H3. The van der Waals surface area contributed by atoms with Gasteiger partial charge in [-0.25, -0.2) is 0 Å². The van der Waals surface area contributed by atoms with Gasteiger partial charge >= 0.3 is 6.18 Å². The second kappa shape index (κ2) is 7.28. The molecule has 0 aliphatic heterocycles. The van der Waals surface area contributed by atoms with E-state index in [0.29, 0.717) is 12.1 Å². The van der Waals surface area contributed by atoms with E-state index in [1.54, 1.807) is 6.26 Å². The first kappa shape index (κ1) is 17.3. The predicted molar refractivity (Wildman–Crippen MR) is 74.2 cm³/mol. The van der Waals surface area contributed by atoms with E-state index < -0.39 is 11.7 Å². The summed E-state index contributed by atoms with van der Waals surface area (Å²) >= 11 is 12.7. The molecule has 0 N–H and O–H groups in total. The number of halogens is 5. The van der Waals surface area contributed by atoms with Gasteiger partial charge in [0, 0.05) is 0 Å². The molecule has 1 rings (SSSR count). The lowest BCUT2D eigenvalue weighted by Crippen LogP contribution is -2.05. The molecule has 0 aromatic heterocycles. The van der Waals surface area contributed by atoms with Crippen LogP contribution in [0.2, 0.25) is 10.0 Å². The van der Waals surface area contributed by atoms with Crippen molar-refractivity contribution in [3.8, 4) is 0 Å². The molecule has 0 bridgehead atoms. The topological polar surface area (TPSA) is 41.8 Å². The van der Waals surface area contributed by atoms with Crippen LogP contribution in [0.15, 0.2) is 22.4 Å². The molecule has 9 heteroatoms. The summed E-state index contributed by atoms with van der Waals surface area (Å²) in [6.45, 7) is -0.172. The maximum atomic E-state index is 12.5. The van der Waals surface area contributed by atoms with Crippen LogP contribution in [-0.2, 0) is 11.0 Å². The number of hydrogen-bond acceptors (Lipinski definition) is 4. The van der Waals surface area contributed by atoms with Gasteiger partial charge in [0.2, 0.25) is 0 Å². The van der Waals surface area contributed by atoms with Crippen molar-refractivity contribution in [2.45, 2.75) is 6.18 Å². The number of thioether (sulfide) groups is 1. The Kier molecular flexibility index (Phi) is 6.29. The van der Waals surface area contributed by atoms with Crippen molar-refractivity contribution in [2.24, 2.45) is 10.2 Å². The lowest BCUT2D eigenvalue weighted by Gasteiger charge is -2.09. The van der Waals surface area contributed by atoms with Crippen molar-refractivity contribution < 1.29 is 18.0 Å². The average molecular weight is 345 g/mol. The number of rotatable bonds is 5. The first-order valence-corrected chi connectivity index (χ1v) is 7.35. The molecule has 0 saturated carbocycles. The molecule has 0 radical (unpaired) electrons. The zero-order valence-electron chi connectivity index (χ0n) is 10.2. The largest absolute Gasteiger partial charge is 0.416 e. The van der Waals surface area contributed by atoms with E-state index in [1.165, 1.54) is 11.8 Å². The summed E-state index contributed by atoms with van der Waals surface area (Å²) in [6, 6.07) is 1.43. The summed E-state index contributed by atoms with van der Waals surface area (Å²) < 4.78 is 37.5. The fourth-order valence-electron chi connectivity index (χ4n) is 1.22. The SMILES string of the molecule is CSCC(=O)CN=Nc1c(Cl)cc(C(F)(F)F)cc1Cl. The second-order valence-corrected chi connectivity index (χ2v) is 5.34. The number of Topliss-reactive ketones (excluding diaryl/α,β-unsaturated/α-hetero) is 1. The molecule has 0 unspecified atom stereocenters. The number of benzene rings is 1. The Balaban J connectivity index is 2.92. The molecule has 1 aromatic carbocycles. The molecule has 0 aliphatic carbocycles. The highest BCUT2D eigenvalue weighted by molar-refractivity contribution is 7.99. The number of azo groups is 1. The summed E-state index contributed by atoms with van der Waals surface area (Å²) in [5, 5.41) is 6.66. The van der Waals surface area contributed by atoms with Crippen molar-refractivity contribution in [1.82, 2.24) is 0 Å². The van der Waals surface area contributed by atoms with E-state index in [-0.39, 0.29) is 33.8 Å². The summed E-state index contributed by atoms with van der Waals surface area (Å²) in [4.78, 5) is 11.2. The fraction of sp³-hybridized carbons (Fsp3) is 0.364. The van der Waals surface area contributed by atoms with Crippen LogP contribution >= 0.6 is 35.0 Å². The van der Waals surface area contributed by atoms with Gasteiger partial charge in [0.1, 0.15) is 12.2 Å². The molecule has 0 saturated heterocycles. The monoisotopic (exact) mass is 344 g/mol. The quantitative estimate of drug-likeness (QED) is 0.703. The maximum absolute atomic E-state index is 12.5. The molecule has 0 amide bonds. The van der Waals surface area contributed by atoms with E-state index in [4.69, 9.17) is 23.2 Å². The summed E-state index contributed by atoms with van der Waals surface area (Å²) in [5.41, 5.74) is -1.05. The number of ketones is 1. The fourth-order valence-corrected chi connectivity index (χ4v) is 2.19. The Morgan fingerprint density at radius 2 is 1.85 bits per heavy atom. The lowest BCUT2D eigenvalue weighted by molar-refractivity contribution is -0.137. The zero-order valence-corrected chi connectivity index (χ0v) is 12.5. The van der Waals surface area contributed by atoms with E-state index in [1.807, 2.05) is 0 Å². The smallest absolute Gasteiger partial charge is 0.297 e. The molecule has 0 fully saturated rings. The highest BCUT2D eigenvalue weighted by Gasteiger charge is 2.32. The number of carbonyl (C=O) groups is 1. The minimum atomic E-state index is -4.54. The van der Waals surface area contributed by atoms with Crippen molar-refractivity contribution in [3.05, 3.63) is 27.7 Å². The molecule has 20 heavy (non-hydrogen) atoms. The third-order valence-corrected chi connectivity index (χ3v) is 3.25. The highest BCUT2D eigenvalue weighted by Crippen LogP contribution is 2.39. The minimum Gasteiger partial charge on any atom is -0.297 e. The van der Waals surface area contributed by atoms with Gasteiger partial charge < -0.3 is 0 Å². The molecule has 110 valence electrons. The van der Waals surface area contributed by atoms with E-state index >= 15 is 0 Å². The van der Waals surface area contributed by atoms with Gasteiger partial charge in [0.05, 0.1) is 21.4 Å². The van der Waals surface area contributed by atoms with Crippen LogP contribution in [0.1, 0.15) is 5.56 Å². The molecule has 0 spiro atoms. The van der Waals surface area contributed by atoms with Gasteiger partial charge in [0.25, 0.3) is 0 Å². The van der Waals surface area contributed by atoms with Crippen LogP contribution in [0, 0.1) is 0 Å². The lowest BCUT2D eigenvalue weighted by atomic mass is 10.2. The molecule has 0 heterocycles. The van der Waals surface area contributed by atoms with Crippen LogP contribution in [0.4, 0.5) is 18.9 Å². The molecule has 0 atom stereocenters. The van der Waals surface area contributed by atoms with Crippen molar-refractivity contribution in [1.29, 1.82) is 0 Å². The van der Waals surface area contributed by atoms with E-state index in [2.05, 4.69) is 10.2 Å². The Morgan fingerprint density at radius 3 is 2.30 bits per heavy atom. The Hall–Kier alpha value is -0.790. The minimum absolute atomic E-state index is 0.0849. The third-order valence-electron chi connectivity index (χ3n) is 2.07. The number of nitrogens with zero attached hydrogens (tertiary/aromatic N) is 2. The van der Waals surface area contributed by atoms with Gasteiger partial charge in [-0.3, -0.25) is 4.79 Å². The number of hydrogen-bond donors (Lipinski definition) is 0. The predicted octanol–water partition coefficient (Wildman–Crippen LogP) is 5.03. The Bertz CT molecular complexity index is 512. The van der Waals surface area contributed by atoms with Gasteiger partial charge in [-0.05, 0) is 18.4 Å². The number of carbonyl (C=O) groups excluding carboxylic acids is 1. The van der Waals surface area contributed by atoms with Crippen LogP contribution in [0.3, 0.4) is 0 Å². The third kappa shape index (κ3) is 4.96. The van der Waals surface area contributed by atoms with Crippen LogP contribution in [0.5, 0.6) is 0 Å². The van der Waals surface area contributed by atoms with Crippen LogP contribution < -0.4 is 0 Å². The van der Waals surface area contributed by atoms with Gasteiger partial charge in [0.15, 0.2) is 5.78 Å². The Labute approximate surface area is 127 Å². The Morgan fingerprint density at radius 1 is 1.30 bits per heavy atom. The molecular formula is C11H9Cl2F3N2OS. The second-order valence-electron chi connectivity index (χ2n) is 3.66. The normalized spacial score (nSPS) is 12.1. The summed E-state index contributed by atoms with van der Waals surface area (Å²) in [5.74, 6) is 0.133. The van der Waals surface area contributed by atoms with Crippen molar-refractivity contribution in [3.63, 3.8) is 0 Å². The summed E-state index contributed by atoms with van der Waals surface area (Å²) in [7, 11) is 0. The molecular weight excluding hydrogens is 336 g/mol. The zero-order chi connectivity index (χ0) is 15.3. The van der Waals surface area contributed by atoms with Crippen molar-refractivity contribution >= 4 is 46.4 Å². The molecule has 1 aromatic rings. The van der Waals surface area contributed by atoms with Gasteiger partial charge in [-0.1, -0.05) is 23.2 Å². The van der Waals surface area contributed by atoms with Gasteiger partial charge in [-0.15, -0.1) is 0 Å². The van der Waals surface area contributed by atoms with Crippen LogP contribution in [0.25, 0.3) is 0 Å². The first-order chi connectivity index (χ1) is 9.25. The average Bonchev–Trinajstić information content (AvgIpc) is 2.31. The van der Waals surface area contributed by atoms with Gasteiger partial charge in [-0.2, -0.15) is 35.2 Å². The van der Waals surface area contributed by atoms with E-state index in [9.17, 15) is 18.0 Å². The molecule has 0 aliphatic rings. The molecule has 3 nitrogen and oxygen atoms in total. The van der Waals surface area contributed by atoms with Crippen LogP contribution in [-0.4, -0.2) is 24.3 Å².